The Morgan fingerprint density at radius 2 is 1.97 bits per heavy atom. The molecule has 0 atom stereocenters. The summed E-state index contributed by atoms with van der Waals surface area (Å²) in [5, 5.41) is 0. The molecular weight excluding hydrogens is 348 g/mol. The molecule has 0 aliphatic heterocycles. The van der Waals surface area contributed by atoms with Gasteiger partial charge in [0.15, 0.2) is 0 Å². The lowest BCUT2D eigenvalue weighted by Gasteiger charge is -2.21. The van der Waals surface area contributed by atoms with E-state index in [-0.39, 0.29) is 0 Å². The third-order valence-corrected chi connectivity index (χ3v) is 7.18. The first-order valence-electron chi connectivity index (χ1n) is 11.5. The van der Waals surface area contributed by atoms with Crippen LogP contribution >= 0.6 is 0 Å². The average molecular weight is 381 g/mol. The second-order valence-electron chi connectivity index (χ2n) is 9.28. The molecule has 0 unspecified atom stereocenters. The van der Waals surface area contributed by atoms with Gasteiger partial charge >= 0.3 is 0 Å². The molecule has 0 N–H and O–H groups in total. The van der Waals surface area contributed by atoms with E-state index in [1.165, 1.54) is 77.5 Å². The lowest BCUT2D eigenvalue weighted by molar-refractivity contribution is 0.356. The van der Waals surface area contributed by atoms with E-state index >= 15 is 0 Å². The van der Waals surface area contributed by atoms with Crippen molar-refractivity contribution in [2.45, 2.75) is 64.2 Å². The van der Waals surface area contributed by atoms with Crippen LogP contribution < -0.4 is 0 Å². The lowest BCUT2D eigenvalue weighted by atomic mass is 9.84. The average Bonchev–Trinajstić information content (AvgIpc) is 3.48. The largest absolute Gasteiger partial charge is 0.0952 e. The van der Waals surface area contributed by atoms with Crippen molar-refractivity contribution in [3.8, 4) is 0 Å². The molecule has 0 heterocycles. The van der Waals surface area contributed by atoms with Gasteiger partial charge in [-0.2, -0.15) is 0 Å². The van der Waals surface area contributed by atoms with Crippen LogP contribution in [0.5, 0.6) is 0 Å². The van der Waals surface area contributed by atoms with Crippen molar-refractivity contribution in [2.24, 2.45) is 5.92 Å². The molecule has 1 saturated carbocycles. The van der Waals surface area contributed by atoms with Crippen LogP contribution in [0.15, 0.2) is 83.0 Å². The number of hydrogen-bond donors (Lipinski definition) is 0. The zero-order valence-electron chi connectivity index (χ0n) is 17.6. The summed E-state index contributed by atoms with van der Waals surface area (Å²) in [5.41, 5.74) is 11.6. The molecule has 4 aliphatic carbocycles. The zero-order chi connectivity index (χ0) is 19.6. The molecule has 0 bridgehead atoms. The van der Waals surface area contributed by atoms with Gasteiger partial charge < -0.3 is 0 Å². The second-order valence-corrected chi connectivity index (χ2v) is 9.28. The molecule has 1 fully saturated rings. The van der Waals surface area contributed by atoms with Crippen LogP contribution in [0.1, 0.15) is 68.1 Å². The number of fused-ring (bicyclic) bond motifs is 1. The summed E-state index contributed by atoms with van der Waals surface area (Å²) in [4.78, 5) is 0. The predicted molar refractivity (Wildman–Crippen MR) is 125 cm³/mol. The molecule has 0 heteroatoms. The summed E-state index contributed by atoms with van der Waals surface area (Å²) in [5.74, 6) is 0.907. The van der Waals surface area contributed by atoms with Gasteiger partial charge in [-0.05, 0) is 82.6 Å². The second kappa shape index (κ2) is 8.19. The Hall–Kier alpha value is -2.34. The maximum absolute atomic E-state index is 4.37. The van der Waals surface area contributed by atoms with Crippen molar-refractivity contribution in [3.63, 3.8) is 0 Å². The Bertz CT molecular complexity index is 967. The highest BCUT2D eigenvalue weighted by Gasteiger charge is 2.22. The molecule has 0 radical (unpaired) electrons. The summed E-state index contributed by atoms with van der Waals surface area (Å²) in [6, 6.07) is 7.26. The first-order chi connectivity index (χ1) is 14.3. The van der Waals surface area contributed by atoms with Crippen molar-refractivity contribution in [3.05, 3.63) is 99.7 Å². The number of rotatable bonds is 6. The molecular formula is C29H32. The summed E-state index contributed by atoms with van der Waals surface area (Å²) >= 11 is 0. The van der Waals surface area contributed by atoms with E-state index in [1.54, 1.807) is 5.56 Å². The molecule has 4 aliphatic rings. The van der Waals surface area contributed by atoms with E-state index in [2.05, 4.69) is 61.2 Å². The van der Waals surface area contributed by atoms with E-state index in [0.717, 1.165) is 31.6 Å². The molecule has 0 saturated heterocycles. The highest BCUT2D eigenvalue weighted by Crippen LogP contribution is 2.39. The Labute approximate surface area is 176 Å². The molecule has 1 aromatic rings. The summed E-state index contributed by atoms with van der Waals surface area (Å²) in [6.07, 6.45) is 26.5. The molecule has 5 rings (SSSR count). The third kappa shape index (κ3) is 4.04. The Balaban J connectivity index is 1.28. The number of hydrogen-bond acceptors (Lipinski definition) is 0. The first kappa shape index (κ1) is 18.7. The topological polar surface area (TPSA) is 0 Å². The highest BCUT2D eigenvalue weighted by atomic mass is 14.3. The summed E-state index contributed by atoms with van der Waals surface area (Å²) in [7, 11) is 0. The van der Waals surface area contributed by atoms with Crippen LogP contribution in [0.25, 0.3) is 6.08 Å². The van der Waals surface area contributed by atoms with Crippen molar-refractivity contribution in [1.82, 2.24) is 0 Å². The van der Waals surface area contributed by atoms with Crippen molar-refractivity contribution < 1.29 is 0 Å². The molecule has 148 valence electrons. The maximum Gasteiger partial charge on any atom is -0.00137 e. The minimum absolute atomic E-state index is 0.907. The van der Waals surface area contributed by atoms with Crippen LogP contribution in [-0.2, 0) is 12.8 Å². The SMILES string of the molecule is C=C(CC1=CCC=C1C1=Cc2cc(CC3CCCCC3)ccc2C1)C1=CC=CC1. The number of allylic oxidation sites excluding steroid dienone is 10. The van der Waals surface area contributed by atoms with Crippen LogP contribution in [0.3, 0.4) is 0 Å². The van der Waals surface area contributed by atoms with Gasteiger partial charge in [-0.1, -0.05) is 93.3 Å². The summed E-state index contributed by atoms with van der Waals surface area (Å²) in [6.45, 7) is 4.37. The van der Waals surface area contributed by atoms with Gasteiger partial charge in [0.2, 0.25) is 0 Å². The normalized spacial score (nSPS) is 21.0. The fraction of sp³-hybridized carbons (Fsp3) is 0.379. The standard InChI is InChI=1S/C29H32/c1-21(24-10-5-6-11-24)16-26-12-7-13-29(26)28-19-25-15-14-23(18-27(25)20-28)17-22-8-3-2-4-9-22/h5-6,10,12-15,18,20,22H,1-4,7-9,11,16-17,19H2. The molecule has 0 amide bonds. The van der Waals surface area contributed by atoms with Crippen molar-refractivity contribution >= 4 is 6.08 Å². The van der Waals surface area contributed by atoms with Crippen LogP contribution in [0.2, 0.25) is 0 Å². The summed E-state index contributed by atoms with van der Waals surface area (Å²) < 4.78 is 0. The fourth-order valence-electron chi connectivity index (χ4n) is 5.53. The third-order valence-electron chi connectivity index (χ3n) is 7.18. The van der Waals surface area contributed by atoms with Crippen LogP contribution in [0, 0.1) is 5.92 Å². The molecule has 1 aromatic carbocycles. The van der Waals surface area contributed by atoms with Gasteiger partial charge in [0, 0.05) is 0 Å². The van der Waals surface area contributed by atoms with Gasteiger partial charge in [0.05, 0.1) is 0 Å². The molecule has 0 spiro atoms. The van der Waals surface area contributed by atoms with E-state index in [4.69, 9.17) is 0 Å². The first-order valence-corrected chi connectivity index (χ1v) is 11.5. The minimum Gasteiger partial charge on any atom is -0.0952 e. The van der Waals surface area contributed by atoms with Crippen LogP contribution in [-0.4, -0.2) is 0 Å². The smallest absolute Gasteiger partial charge is 0.00137 e. The van der Waals surface area contributed by atoms with Gasteiger partial charge in [-0.25, -0.2) is 0 Å². The molecule has 0 aromatic heterocycles. The van der Waals surface area contributed by atoms with Gasteiger partial charge in [-0.15, -0.1) is 0 Å². The monoisotopic (exact) mass is 380 g/mol. The maximum atomic E-state index is 4.37. The van der Waals surface area contributed by atoms with E-state index in [1.807, 2.05) is 0 Å². The van der Waals surface area contributed by atoms with E-state index < -0.39 is 0 Å². The molecule has 29 heavy (non-hydrogen) atoms. The number of benzene rings is 1. The van der Waals surface area contributed by atoms with Crippen molar-refractivity contribution in [1.29, 1.82) is 0 Å². The van der Waals surface area contributed by atoms with Gasteiger partial charge in [0.1, 0.15) is 0 Å². The quantitative estimate of drug-likeness (QED) is 0.471. The minimum atomic E-state index is 0.907. The Morgan fingerprint density at radius 1 is 1.07 bits per heavy atom. The predicted octanol–water partition coefficient (Wildman–Crippen LogP) is 7.84. The fourth-order valence-corrected chi connectivity index (χ4v) is 5.53. The van der Waals surface area contributed by atoms with E-state index in [9.17, 15) is 0 Å². The van der Waals surface area contributed by atoms with Gasteiger partial charge in [-0.3, -0.25) is 0 Å². The van der Waals surface area contributed by atoms with Crippen molar-refractivity contribution in [2.75, 3.05) is 0 Å². The highest BCUT2D eigenvalue weighted by molar-refractivity contribution is 5.72. The zero-order valence-corrected chi connectivity index (χ0v) is 17.6. The van der Waals surface area contributed by atoms with Crippen LogP contribution in [0.4, 0.5) is 0 Å². The lowest BCUT2D eigenvalue weighted by Crippen LogP contribution is -2.09. The Morgan fingerprint density at radius 3 is 2.79 bits per heavy atom. The Kier molecular flexibility index (Phi) is 5.27. The van der Waals surface area contributed by atoms with Gasteiger partial charge in [0.25, 0.3) is 0 Å². The molecule has 0 nitrogen and oxygen atoms in total. The van der Waals surface area contributed by atoms with E-state index in [0.29, 0.717) is 0 Å².